The van der Waals surface area contributed by atoms with Gasteiger partial charge in [-0.25, -0.2) is 0 Å². The van der Waals surface area contributed by atoms with E-state index in [4.69, 9.17) is 14.2 Å². The van der Waals surface area contributed by atoms with Gasteiger partial charge in [-0.1, -0.05) is 169 Å². The van der Waals surface area contributed by atoms with Crippen molar-refractivity contribution in [3.8, 4) is 0 Å². The topological polar surface area (TPSA) is 78.9 Å². The molecule has 0 N–H and O–H groups in total. The van der Waals surface area contributed by atoms with Crippen molar-refractivity contribution in [2.24, 2.45) is 0 Å². The summed E-state index contributed by atoms with van der Waals surface area (Å²) in [6, 6.07) is 0. The number of esters is 3. The molecule has 0 spiro atoms. The lowest BCUT2D eigenvalue weighted by Crippen LogP contribution is -2.30. The van der Waals surface area contributed by atoms with Crippen molar-refractivity contribution in [3.63, 3.8) is 0 Å². The van der Waals surface area contributed by atoms with Crippen LogP contribution >= 0.6 is 0 Å². The zero-order chi connectivity index (χ0) is 40.8. The van der Waals surface area contributed by atoms with Crippen LogP contribution in [0.4, 0.5) is 0 Å². The molecule has 0 aromatic rings. The SMILES string of the molecule is CC\C=C/C=C\C=C/CCCCCCCC(=O)OC(COC(=O)CCCCC/C=C\C=C/CCCC)COC(=O)CCCCCC/C=C\C/C=C\C/C=C\CC. The largest absolute Gasteiger partial charge is 0.462 e. The lowest BCUT2D eigenvalue weighted by Gasteiger charge is -2.18. The van der Waals surface area contributed by atoms with E-state index in [1.807, 2.05) is 6.08 Å². The van der Waals surface area contributed by atoms with Gasteiger partial charge in [-0.05, 0) is 89.9 Å². The Kier molecular flexibility index (Phi) is 41.2. The van der Waals surface area contributed by atoms with Gasteiger partial charge in [-0.3, -0.25) is 14.4 Å². The smallest absolute Gasteiger partial charge is 0.306 e. The fraction of sp³-hybridized carbons (Fsp3) is 0.620. The average molecular weight is 777 g/mol. The second-order valence-electron chi connectivity index (χ2n) is 14.3. The number of carbonyl (C=O) groups excluding carboxylic acids is 3. The molecule has 0 amide bonds. The van der Waals surface area contributed by atoms with E-state index in [2.05, 4.69) is 112 Å². The van der Waals surface area contributed by atoms with Crippen molar-refractivity contribution in [2.75, 3.05) is 13.2 Å². The summed E-state index contributed by atoms with van der Waals surface area (Å²) in [5.41, 5.74) is 0. The molecule has 0 radical (unpaired) electrons. The van der Waals surface area contributed by atoms with Gasteiger partial charge in [0.15, 0.2) is 6.10 Å². The van der Waals surface area contributed by atoms with Crippen LogP contribution in [0.15, 0.2) is 97.2 Å². The van der Waals surface area contributed by atoms with Crippen molar-refractivity contribution in [1.82, 2.24) is 0 Å². The Morgan fingerprint density at radius 2 is 0.786 bits per heavy atom. The van der Waals surface area contributed by atoms with Crippen molar-refractivity contribution in [2.45, 2.75) is 187 Å². The van der Waals surface area contributed by atoms with Gasteiger partial charge in [0.2, 0.25) is 0 Å². The second kappa shape index (κ2) is 44.0. The van der Waals surface area contributed by atoms with E-state index < -0.39 is 6.10 Å². The van der Waals surface area contributed by atoms with Crippen LogP contribution in [-0.4, -0.2) is 37.2 Å². The van der Waals surface area contributed by atoms with E-state index in [1.165, 1.54) is 12.8 Å². The van der Waals surface area contributed by atoms with Gasteiger partial charge in [-0.2, -0.15) is 0 Å². The third-order valence-corrected chi connectivity index (χ3v) is 8.89. The highest BCUT2D eigenvalue weighted by atomic mass is 16.6. The first-order chi connectivity index (χ1) is 27.5. The van der Waals surface area contributed by atoms with Crippen LogP contribution in [-0.2, 0) is 28.6 Å². The van der Waals surface area contributed by atoms with Gasteiger partial charge >= 0.3 is 17.9 Å². The maximum atomic E-state index is 12.7. The van der Waals surface area contributed by atoms with Crippen LogP contribution in [0.2, 0.25) is 0 Å². The van der Waals surface area contributed by atoms with E-state index in [0.717, 1.165) is 128 Å². The number of unbranched alkanes of at least 4 members (excludes halogenated alkanes) is 14. The maximum absolute atomic E-state index is 12.7. The Morgan fingerprint density at radius 3 is 1.32 bits per heavy atom. The third kappa shape index (κ3) is 41.5. The first-order valence-corrected chi connectivity index (χ1v) is 22.3. The molecule has 316 valence electrons. The lowest BCUT2D eigenvalue weighted by atomic mass is 10.1. The van der Waals surface area contributed by atoms with E-state index >= 15 is 0 Å². The molecular weight excluding hydrogens is 697 g/mol. The summed E-state index contributed by atoms with van der Waals surface area (Å²) in [5, 5.41) is 0. The average Bonchev–Trinajstić information content (AvgIpc) is 3.19. The first-order valence-electron chi connectivity index (χ1n) is 22.3. The van der Waals surface area contributed by atoms with Crippen LogP contribution in [0.25, 0.3) is 0 Å². The van der Waals surface area contributed by atoms with Gasteiger partial charge in [0.05, 0.1) is 0 Å². The molecule has 6 nitrogen and oxygen atoms in total. The van der Waals surface area contributed by atoms with Gasteiger partial charge in [-0.15, -0.1) is 0 Å². The van der Waals surface area contributed by atoms with Gasteiger partial charge in [0.25, 0.3) is 0 Å². The zero-order valence-electron chi connectivity index (χ0n) is 35.9. The molecule has 56 heavy (non-hydrogen) atoms. The highest BCUT2D eigenvalue weighted by Crippen LogP contribution is 2.12. The third-order valence-electron chi connectivity index (χ3n) is 8.89. The van der Waals surface area contributed by atoms with Crippen LogP contribution in [0.1, 0.15) is 181 Å². The fourth-order valence-electron chi connectivity index (χ4n) is 5.55. The second-order valence-corrected chi connectivity index (χ2v) is 14.3. The van der Waals surface area contributed by atoms with E-state index in [0.29, 0.717) is 19.3 Å². The van der Waals surface area contributed by atoms with E-state index in [9.17, 15) is 14.4 Å². The molecule has 0 rings (SSSR count). The summed E-state index contributed by atoms with van der Waals surface area (Å²) < 4.78 is 16.6. The number of ether oxygens (including phenoxy) is 3. The summed E-state index contributed by atoms with van der Waals surface area (Å²) in [6.07, 6.45) is 56.7. The minimum atomic E-state index is -0.807. The lowest BCUT2D eigenvalue weighted by molar-refractivity contribution is -0.167. The fourth-order valence-corrected chi connectivity index (χ4v) is 5.55. The zero-order valence-corrected chi connectivity index (χ0v) is 35.9. The summed E-state index contributed by atoms with van der Waals surface area (Å²) in [7, 11) is 0. The van der Waals surface area contributed by atoms with Crippen LogP contribution < -0.4 is 0 Å². The Balaban J connectivity index is 4.51. The minimum absolute atomic E-state index is 0.108. The van der Waals surface area contributed by atoms with Crippen molar-refractivity contribution < 1.29 is 28.6 Å². The first kappa shape index (κ1) is 52.3. The molecule has 0 bridgehead atoms. The van der Waals surface area contributed by atoms with Crippen LogP contribution in [0.5, 0.6) is 0 Å². The maximum Gasteiger partial charge on any atom is 0.306 e. The number of hydrogen-bond donors (Lipinski definition) is 0. The summed E-state index contributed by atoms with van der Waals surface area (Å²) in [4.78, 5) is 37.7. The van der Waals surface area contributed by atoms with Crippen molar-refractivity contribution in [3.05, 3.63) is 97.2 Å². The highest BCUT2D eigenvalue weighted by Gasteiger charge is 2.19. The van der Waals surface area contributed by atoms with Crippen molar-refractivity contribution >= 4 is 17.9 Å². The monoisotopic (exact) mass is 777 g/mol. The Bertz CT molecular complexity index is 1170. The van der Waals surface area contributed by atoms with Crippen molar-refractivity contribution in [1.29, 1.82) is 0 Å². The number of allylic oxidation sites excluding steroid dienone is 16. The molecule has 0 aliphatic heterocycles. The Labute approximate surface area is 343 Å². The molecule has 0 heterocycles. The number of hydrogen-bond acceptors (Lipinski definition) is 6. The molecule has 1 atom stereocenters. The quantitative estimate of drug-likeness (QED) is 0.0204. The molecule has 0 aliphatic rings. The molecule has 0 saturated heterocycles. The molecule has 0 aromatic carbocycles. The van der Waals surface area contributed by atoms with Crippen LogP contribution in [0.3, 0.4) is 0 Å². The van der Waals surface area contributed by atoms with Gasteiger partial charge in [0.1, 0.15) is 13.2 Å². The predicted octanol–water partition coefficient (Wildman–Crippen LogP) is 14.2. The number of carbonyl (C=O) groups is 3. The molecule has 0 aliphatic carbocycles. The Hall–Kier alpha value is -3.67. The summed E-state index contributed by atoms with van der Waals surface area (Å²) >= 11 is 0. The molecule has 1 unspecified atom stereocenters. The van der Waals surface area contributed by atoms with Crippen LogP contribution in [0, 0.1) is 0 Å². The molecular formula is C50H80O6. The van der Waals surface area contributed by atoms with Gasteiger partial charge in [0, 0.05) is 19.3 Å². The Morgan fingerprint density at radius 1 is 0.393 bits per heavy atom. The number of rotatable bonds is 38. The van der Waals surface area contributed by atoms with Gasteiger partial charge < -0.3 is 14.2 Å². The standard InChI is InChI=1S/C50H80O6/c1-4-7-10-13-16-19-22-24-26-28-31-34-37-40-43-49(52)55-46-47(45-54-48(51)42-39-36-33-30-27-21-18-15-12-9-6-3)56-50(53)44-41-38-35-32-29-25-23-20-17-14-11-8-5-2/h7-8,10-11,14-21,23-24,26-27,47H,4-6,9,12-13,22,25,28-46H2,1-3H3/b10-7-,11-8-,17-14-,18-15-,19-16-,23-20-,26-24-,27-21-. The molecule has 6 heteroatoms. The molecule has 0 saturated carbocycles. The molecule has 0 fully saturated rings. The summed E-state index contributed by atoms with van der Waals surface area (Å²) in [6.45, 7) is 6.24. The van der Waals surface area contributed by atoms with E-state index in [1.54, 1.807) is 0 Å². The van der Waals surface area contributed by atoms with E-state index in [-0.39, 0.29) is 31.1 Å². The summed E-state index contributed by atoms with van der Waals surface area (Å²) in [5.74, 6) is -0.990. The normalized spacial score (nSPS) is 13.0. The predicted molar refractivity (Wildman–Crippen MR) is 237 cm³/mol. The molecule has 0 aromatic heterocycles. The highest BCUT2D eigenvalue weighted by molar-refractivity contribution is 5.71. The minimum Gasteiger partial charge on any atom is -0.462 e.